The van der Waals surface area contributed by atoms with Crippen LogP contribution in [0.15, 0.2) is 146 Å². The maximum absolute atomic E-state index is 2.36. The molecule has 0 bridgehead atoms. The summed E-state index contributed by atoms with van der Waals surface area (Å²) in [6, 6.07) is 52.0. The predicted octanol–water partition coefficient (Wildman–Crippen LogP) is 9.41. The fourth-order valence-corrected chi connectivity index (χ4v) is 5.30. The molecule has 0 N–H and O–H groups in total. The van der Waals surface area contributed by atoms with Gasteiger partial charge < -0.3 is 9.47 Å². The van der Waals surface area contributed by atoms with E-state index in [-0.39, 0.29) is 0 Å². The summed E-state index contributed by atoms with van der Waals surface area (Å²) in [4.78, 5) is 2.35. The van der Waals surface area contributed by atoms with Gasteiger partial charge in [-0.15, -0.1) is 0 Å². The van der Waals surface area contributed by atoms with Crippen molar-refractivity contribution in [2.75, 3.05) is 4.90 Å². The number of anilines is 3. The van der Waals surface area contributed by atoms with E-state index >= 15 is 0 Å². The molecule has 7 aromatic rings. The van der Waals surface area contributed by atoms with Gasteiger partial charge in [0.1, 0.15) is 0 Å². The minimum Gasteiger partial charge on any atom is -0.310 e. The normalized spacial score (nSPS) is 11.3. The third kappa shape index (κ3) is 3.35. The molecular formula is C34H24N2. The first kappa shape index (κ1) is 20.5. The highest BCUT2D eigenvalue weighted by atomic mass is 15.1. The fraction of sp³-hybridized carbons (Fsp3) is 0. The summed E-state index contributed by atoms with van der Waals surface area (Å²) in [7, 11) is 0. The molecule has 0 fully saturated rings. The SMILES string of the molecule is c1ccc(N(c2ccc3ccccc3c2)c2ccc3c(c2)c2ccccc2n3-c2ccccc2)cc1. The first-order valence-electron chi connectivity index (χ1n) is 12.3. The van der Waals surface area contributed by atoms with Gasteiger partial charge >= 0.3 is 0 Å². The van der Waals surface area contributed by atoms with E-state index in [1.165, 1.54) is 38.3 Å². The van der Waals surface area contributed by atoms with Crippen molar-refractivity contribution < 1.29 is 0 Å². The van der Waals surface area contributed by atoms with Crippen LogP contribution in [-0.4, -0.2) is 4.57 Å². The second-order valence-corrected chi connectivity index (χ2v) is 9.09. The molecule has 2 nitrogen and oxygen atoms in total. The first-order valence-corrected chi connectivity index (χ1v) is 12.3. The van der Waals surface area contributed by atoms with E-state index in [1.807, 2.05) is 0 Å². The van der Waals surface area contributed by atoms with Crippen LogP contribution in [0.5, 0.6) is 0 Å². The minimum atomic E-state index is 1.14. The van der Waals surface area contributed by atoms with Crippen LogP contribution in [0, 0.1) is 0 Å². The number of benzene rings is 6. The van der Waals surface area contributed by atoms with Gasteiger partial charge in [0.2, 0.25) is 0 Å². The van der Waals surface area contributed by atoms with Crippen molar-refractivity contribution in [1.29, 1.82) is 0 Å². The highest BCUT2D eigenvalue weighted by molar-refractivity contribution is 6.10. The Labute approximate surface area is 210 Å². The Hall–Kier alpha value is -4.82. The highest BCUT2D eigenvalue weighted by Crippen LogP contribution is 2.40. The van der Waals surface area contributed by atoms with E-state index in [1.54, 1.807) is 0 Å². The van der Waals surface area contributed by atoms with Crippen LogP contribution in [0.1, 0.15) is 0 Å². The van der Waals surface area contributed by atoms with Crippen molar-refractivity contribution in [2.24, 2.45) is 0 Å². The molecule has 0 saturated carbocycles. The minimum absolute atomic E-state index is 1.14. The van der Waals surface area contributed by atoms with Gasteiger partial charge in [-0.2, -0.15) is 0 Å². The number of hydrogen-bond donors (Lipinski definition) is 0. The Morgan fingerprint density at radius 2 is 1.00 bits per heavy atom. The van der Waals surface area contributed by atoms with Crippen LogP contribution < -0.4 is 4.90 Å². The Morgan fingerprint density at radius 3 is 1.83 bits per heavy atom. The van der Waals surface area contributed by atoms with E-state index in [4.69, 9.17) is 0 Å². The topological polar surface area (TPSA) is 8.17 Å². The lowest BCUT2D eigenvalue weighted by molar-refractivity contribution is 1.18. The van der Waals surface area contributed by atoms with Crippen LogP contribution in [-0.2, 0) is 0 Å². The van der Waals surface area contributed by atoms with Crippen molar-refractivity contribution >= 4 is 49.6 Å². The van der Waals surface area contributed by atoms with Gasteiger partial charge in [-0.3, -0.25) is 0 Å². The summed E-state index contributed by atoms with van der Waals surface area (Å²) < 4.78 is 2.36. The Bertz CT molecular complexity index is 1830. The van der Waals surface area contributed by atoms with E-state index in [9.17, 15) is 0 Å². The summed E-state index contributed by atoms with van der Waals surface area (Å²) >= 11 is 0. The highest BCUT2D eigenvalue weighted by Gasteiger charge is 2.17. The quantitative estimate of drug-likeness (QED) is 0.254. The lowest BCUT2D eigenvalue weighted by Crippen LogP contribution is -2.09. The molecular weight excluding hydrogens is 436 g/mol. The summed E-state index contributed by atoms with van der Waals surface area (Å²) in [5.41, 5.74) is 7.02. The van der Waals surface area contributed by atoms with Crippen LogP contribution in [0.2, 0.25) is 0 Å². The number of para-hydroxylation sites is 3. The predicted molar refractivity (Wildman–Crippen MR) is 153 cm³/mol. The first-order chi connectivity index (χ1) is 17.9. The molecule has 7 rings (SSSR count). The molecule has 0 radical (unpaired) electrons. The molecule has 170 valence electrons. The Balaban J connectivity index is 1.48. The third-order valence-electron chi connectivity index (χ3n) is 6.93. The zero-order valence-electron chi connectivity index (χ0n) is 19.8. The van der Waals surface area contributed by atoms with Gasteiger partial charge in [-0.1, -0.05) is 84.9 Å². The van der Waals surface area contributed by atoms with Crippen LogP contribution in [0.25, 0.3) is 38.3 Å². The van der Waals surface area contributed by atoms with E-state index in [0.29, 0.717) is 0 Å². The molecule has 0 amide bonds. The summed E-state index contributed by atoms with van der Waals surface area (Å²) in [6.45, 7) is 0. The average molecular weight is 461 g/mol. The van der Waals surface area contributed by atoms with Crippen molar-refractivity contribution in [3.8, 4) is 5.69 Å². The van der Waals surface area contributed by atoms with Crippen LogP contribution in [0.3, 0.4) is 0 Å². The molecule has 1 heterocycles. The van der Waals surface area contributed by atoms with E-state index in [2.05, 4.69) is 155 Å². The lowest BCUT2D eigenvalue weighted by Gasteiger charge is -2.26. The van der Waals surface area contributed by atoms with Gasteiger partial charge in [-0.05, 0) is 71.4 Å². The Morgan fingerprint density at radius 1 is 0.389 bits per heavy atom. The molecule has 0 aliphatic carbocycles. The number of fused-ring (bicyclic) bond motifs is 4. The second kappa shape index (κ2) is 8.44. The van der Waals surface area contributed by atoms with Crippen molar-refractivity contribution in [1.82, 2.24) is 4.57 Å². The lowest BCUT2D eigenvalue weighted by atomic mass is 10.1. The summed E-state index contributed by atoms with van der Waals surface area (Å²) in [5, 5.41) is 4.98. The van der Waals surface area contributed by atoms with E-state index in [0.717, 1.165) is 17.1 Å². The fourth-order valence-electron chi connectivity index (χ4n) is 5.30. The van der Waals surface area contributed by atoms with E-state index < -0.39 is 0 Å². The van der Waals surface area contributed by atoms with Crippen molar-refractivity contribution in [3.05, 3.63) is 146 Å². The number of rotatable bonds is 4. The largest absolute Gasteiger partial charge is 0.310 e. The zero-order chi connectivity index (χ0) is 23.9. The molecule has 0 unspecified atom stereocenters. The maximum atomic E-state index is 2.36. The molecule has 0 saturated heterocycles. The molecule has 0 spiro atoms. The van der Waals surface area contributed by atoms with Crippen molar-refractivity contribution in [3.63, 3.8) is 0 Å². The number of hydrogen-bond acceptors (Lipinski definition) is 1. The Kier molecular flexibility index (Phi) is 4.82. The van der Waals surface area contributed by atoms with Crippen molar-refractivity contribution in [2.45, 2.75) is 0 Å². The molecule has 0 aliphatic heterocycles. The summed E-state index contributed by atoms with van der Waals surface area (Å²) in [5.74, 6) is 0. The third-order valence-corrected chi connectivity index (χ3v) is 6.93. The molecule has 0 atom stereocenters. The molecule has 1 aromatic heterocycles. The average Bonchev–Trinajstić information content (AvgIpc) is 3.28. The maximum Gasteiger partial charge on any atom is 0.0542 e. The standard InChI is InChI=1S/C34H24N2/c1-3-13-27(14-4-1)35(29-20-19-25-11-7-8-12-26(25)23-29)30-21-22-34-32(24-30)31-17-9-10-18-33(31)36(34)28-15-5-2-6-16-28/h1-24H. The molecule has 6 aromatic carbocycles. The van der Waals surface area contributed by atoms with Gasteiger partial charge in [0, 0.05) is 33.5 Å². The van der Waals surface area contributed by atoms with Crippen LogP contribution in [0.4, 0.5) is 17.1 Å². The monoisotopic (exact) mass is 460 g/mol. The molecule has 0 aliphatic rings. The van der Waals surface area contributed by atoms with Gasteiger partial charge in [0.05, 0.1) is 11.0 Å². The summed E-state index contributed by atoms with van der Waals surface area (Å²) in [6.07, 6.45) is 0. The number of nitrogens with zero attached hydrogens (tertiary/aromatic N) is 2. The van der Waals surface area contributed by atoms with Gasteiger partial charge in [0.25, 0.3) is 0 Å². The zero-order valence-corrected chi connectivity index (χ0v) is 19.8. The smallest absolute Gasteiger partial charge is 0.0542 e. The number of aromatic nitrogens is 1. The van der Waals surface area contributed by atoms with Gasteiger partial charge in [0.15, 0.2) is 0 Å². The molecule has 2 heteroatoms. The molecule has 36 heavy (non-hydrogen) atoms. The van der Waals surface area contributed by atoms with Gasteiger partial charge in [-0.25, -0.2) is 0 Å². The second-order valence-electron chi connectivity index (χ2n) is 9.09. The van der Waals surface area contributed by atoms with Crippen LogP contribution >= 0.6 is 0 Å².